The Morgan fingerprint density at radius 2 is 1.77 bits per heavy atom. The number of hydrogen-bond donors (Lipinski definition) is 3. The molecule has 3 N–H and O–H groups in total. The second kappa shape index (κ2) is 8.97. The molecule has 1 aromatic heterocycles. The van der Waals surface area contributed by atoms with Crippen molar-refractivity contribution in [3.63, 3.8) is 0 Å². The summed E-state index contributed by atoms with van der Waals surface area (Å²) in [6.07, 6.45) is 3.22. The van der Waals surface area contributed by atoms with Crippen LogP contribution in [0.15, 0.2) is 60.7 Å². The van der Waals surface area contributed by atoms with Gasteiger partial charge in [0.1, 0.15) is 5.82 Å². The minimum Gasteiger partial charge on any atom is -0.465 e. The fourth-order valence-electron chi connectivity index (χ4n) is 3.68. The van der Waals surface area contributed by atoms with Gasteiger partial charge in [-0.25, -0.2) is 9.78 Å². The number of pyridine rings is 1. The number of rotatable bonds is 5. The van der Waals surface area contributed by atoms with Crippen LogP contribution in [0.3, 0.4) is 0 Å². The standard InChI is InChI=1S/C24H23N3O4/c28-20-11-13-27(14-12-20)23-18(15-17-3-1-2-4-21(17)26-23)7-10-22(29)16-5-8-19(9-6-16)25-24(30)31/h1-10,15,20,25,28H,11-14H2,(H,30,31). The fraction of sp³-hybridized carbons (Fsp3) is 0.208. The third-order valence-corrected chi connectivity index (χ3v) is 5.33. The van der Waals surface area contributed by atoms with Crippen molar-refractivity contribution in [2.45, 2.75) is 18.9 Å². The first-order valence-corrected chi connectivity index (χ1v) is 10.1. The molecule has 1 aliphatic heterocycles. The summed E-state index contributed by atoms with van der Waals surface area (Å²) in [5, 5.41) is 21.8. The average molecular weight is 417 g/mol. The largest absolute Gasteiger partial charge is 0.465 e. The molecule has 0 atom stereocenters. The lowest BCUT2D eigenvalue weighted by Gasteiger charge is -2.31. The molecule has 0 spiro atoms. The molecule has 1 saturated heterocycles. The van der Waals surface area contributed by atoms with Crippen LogP contribution in [0.4, 0.5) is 16.3 Å². The number of amides is 1. The molecular weight excluding hydrogens is 394 g/mol. The molecule has 4 rings (SSSR count). The van der Waals surface area contributed by atoms with E-state index in [1.54, 1.807) is 30.3 Å². The van der Waals surface area contributed by atoms with Crippen molar-refractivity contribution in [2.24, 2.45) is 0 Å². The first-order valence-electron chi connectivity index (χ1n) is 10.1. The minimum absolute atomic E-state index is 0.185. The molecule has 31 heavy (non-hydrogen) atoms. The number of anilines is 2. The number of para-hydroxylation sites is 1. The Morgan fingerprint density at radius 3 is 2.48 bits per heavy atom. The van der Waals surface area contributed by atoms with E-state index in [9.17, 15) is 14.7 Å². The molecule has 0 aliphatic carbocycles. The van der Waals surface area contributed by atoms with Gasteiger partial charge in [0.25, 0.3) is 0 Å². The van der Waals surface area contributed by atoms with E-state index in [0.717, 1.165) is 22.3 Å². The van der Waals surface area contributed by atoms with E-state index in [2.05, 4.69) is 10.2 Å². The Labute approximate surface area is 179 Å². The van der Waals surface area contributed by atoms with Crippen LogP contribution < -0.4 is 10.2 Å². The quantitative estimate of drug-likeness (QED) is 0.425. The highest BCUT2D eigenvalue weighted by Gasteiger charge is 2.20. The maximum Gasteiger partial charge on any atom is 0.409 e. The third-order valence-electron chi connectivity index (χ3n) is 5.33. The van der Waals surface area contributed by atoms with Crippen LogP contribution in [0.2, 0.25) is 0 Å². The van der Waals surface area contributed by atoms with Gasteiger partial charge in [0.05, 0.1) is 11.6 Å². The second-order valence-electron chi connectivity index (χ2n) is 7.52. The summed E-state index contributed by atoms with van der Waals surface area (Å²) < 4.78 is 0. The number of benzene rings is 2. The summed E-state index contributed by atoms with van der Waals surface area (Å²) >= 11 is 0. The van der Waals surface area contributed by atoms with Crippen molar-refractivity contribution in [3.05, 3.63) is 71.8 Å². The third kappa shape index (κ3) is 4.90. The van der Waals surface area contributed by atoms with Gasteiger partial charge in [-0.05, 0) is 61.4 Å². The molecule has 158 valence electrons. The summed E-state index contributed by atoms with van der Waals surface area (Å²) in [4.78, 5) is 30.3. The highest BCUT2D eigenvalue weighted by Crippen LogP contribution is 2.27. The Bertz CT molecular complexity index is 1130. The Balaban J connectivity index is 1.61. The van der Waals surface area contributed by atoms with Gasteiger partial charge in [-0.2, -0.15) is 0 Å². The number of nitrogens with one attached hydrogen (secondary N) is 1. The number of carbonyl (C=O) groups is 2. The summed E-state index contributed by atoms with van der Waals surface area (Å²) in [7, 11) is 0. The predicted molar refractivity (Wildman–Crippen MR) is 121 cm³/mol. The number of aliphatic hydroxyl groups excluding tert-OH is 1. The van der Waals surface area contributed by atoms with E-state index >= 15 is 0 Å². The fourth-order valence-corrected chi connectivity index (χ4v) is 3.68. The molecule has 0 radical (unpaired) electrons. The number of piperidine rings is 1. The summed E-state index contributed by atoms with van der Waals surface area (Å²) in [5.74, 6) is 0.616. The average Bonchev–Trinajstić information content (AvgIpc) is 2.77. The van der Waals surface area contributed by atoms with Crippen LogP contribution in [0, 0.1) is 0 Å². The monoisotopic (exact) mass is 417 g/mol. The number of aliphatic hydroxyl groups is 1. The molecule has 2 heterocycles. The van der Waals surface area contributed by atoms with Crippen molar-refractivity contribution >= 4 is 40.4 Å². The van der Waals surface area contributed by atoms with Crippen LogP contribution in [0.5, 0.6) is 0 Å². The number of carboxylic acid groups (broad SMARTS) is 1. The van der Waals surface area contributed by atoms with E-state index in [-0.39, 0.29) is 11.9 Å². The number of fused-ring (bicyclic) bond motifs is 1. The second-order valence-corrected chi connectivity index (χ2v) is 7.52. The summed E-state index contributed by atoms with van der Waals surface area (Å²) in [6.45, 7) is 1.42. The van der Waals surface area contributed by atoms with Gasteiger partial charge in [0.15, 0.2) is 5.78 Å². The van der Waals surface area contributed by atoms with Crippen molar-refractivity contribution in [2.75, 3.05) is 23.3 Å². The molecular formula is C24H23N3O4. The zero-order valence-corrected chi connectivity index (χ0v) is 16.9. The SMILES string of the molecule is O=C(O)Nc1ccc(C(=O)C=Cc2cc3ccccc3nc2N2CCC(O)CC2)cc1. The Hall–Kier alpha value is -3.71. The molecule has 1 fully saturated rings. The number of allylic oxidation sites excluding steroid dienone is 1. The van der Waals surface area contributed by atoms with Gasteiger partial charge in [-0.15, -0.1) is 0 Å². The molecule has 1 amide bonds. The van der Waals surface area contributed by atoms with Crippen LogP contribution in [-0.2, 0) is 0 Å². The van der Waals surface area contributed by atoms with E-state index < -0.39 is 6.09 Å². The van der Waals surface area contributed by atoms with Crippen molar-refractivity contribution in [1.29, 1.82) is 0 Å². The van der Waals surface area contributed by atoms with E-state index in [1.165, 1.54) is 6.08 Å². The molecule has 0 saturated carbocycles. The zero-order chi connectivity index (χ0) is 21.8. The molecule has 3 aromatic rings. The topological polar surface area (TPSA) is 103 Å². The van der Waals surface area contributed by atoms with E-state index in [1.807, 2.05) is 30.3 Å². The van der Waals surface area contributed by atoms with Gasteiger partial charge in [0, 0.05) is 35.3 Å². The van der Waals surface area contributed by atoms with Crippen molar-refractivity contribution < 1.29 is 19.8 Å². The van der Waals surface area contributed by atoms with Crippen molar-refractivity contribution in [3.8, 4) is 0 Å². The number of hydrogen-bond acceptors (Lipinski definition) is 5. The van der Waals surface area contributed by atoms with Gasteiger partial charge in [-0.1, -0.05) is 18.2 Å². The van der Waals surface area contributed by atoms with Crippen LogP contribution in [0.1, 0.15) is 28.8 Å². The highest BCUT2D eigenvalue weighted by atomic mass is 16.4. The van der Waals surface area contributed by atoms with Gasteiger partial charge in [0.2, 0.25) is 0 Å². The first kappa shape index (κ1) is 20.6. The molecule has 1 aliphatic rings. The number of aromatic nitrogens is 1. The predicted octanol–water partition coefficient (Wildman–Crippen LogP) is 4.18. The number of ketones is 1. The summed E-state index contributed by atoms with van der Waals surface area (Å²) in [5.41, 5.74) is 2.59. The highest BCUT2D eigenvalue weighted by molar-refractivity contribution is 6.07. The van der Waals surface area contributed by atoms with Gasteiger partial charge >= 0.3 is 6.09 Å². The molecule has 2 aromatic carbocycles. The lowest BCUT2D eigenvalue weighted by molar-refractivity contribution is 0.104. The maximum atomic E-state index is 12.7. The molecule has 0 bridgehead atoms. The van der Waals surface area contributed by atoms with Gasteiger partial charge < -0.3 is 15.1 Å². The maximum absolute atomic E-state index is 12.7. The Kier molecular flexibility index (Phi) is 5.95. The van der Waals surface area contributed by atoms with E-state index in [0.29, 0.717) is 37.2 Å². The lowest BCUT2D eigenvalue weighted by atomic mass is 10.0. The Morgan fingerprint density at radius 1 is 1.06 bits per heavy atom. The van der Waals surface area contributed by atoms with Gasteiger partial charge in [-0.3, -0.25) is 10.1 Å². The molecule has 7 heteroatoms. The van der Waals surface area contributed by atoms with E-state index in [4.69, 9.17) is 10.1 Å². The zero-order valence-electron chi connectivity index (χ0n) is 16.9. The number of carbonyl (C=O) groups excluding carboxylic acids is 1. The van der Waals surface area contributed by atoms with Crippen LogP contribution in [0.25, 0.3) is 17.0 Å². The smallest absolute Gasteiger partial charge is 0.409 e. The minimum atomic E-state index is -1.15. The van der Waals surface area contributed by atoms with Crippen molar-refractivity contribution in [1.82, 2.24) is 4.98 Å². The molecule has 0 unspecified atom stereocenters. The normalized spacial score (nSPS) is 14.8. The van der Waals surface area contributed by atoms with Crippen LogP contribution >= 0.6 is 0 Å². The first-order chi connectivity index (χ1) is 15.0. The van der Waals surface area contributed by atoms with Crippen LogP contribution in [-0.4, -0.2) is 46.3 Å². The molecule has 7 nitrogen and oxygen atoms in total. The summed E-state index contributed by atoms with van der Waals surface area (Å²) in [6, 6.07) is 16.1. The lowest BCUT2D eigenvalue weighted by Crippen LogP contribution is -2.36. The number of nitrogens with zero attached hydrogens (tertiary/aromatic N) is 2.